The van der Waals surface area contributed by atoms with Gasteiger partial charge < -0.3 is 15.6 Å². The summed E-state index contributed by atoms with van der Waals surface area (Å²) in [6.07, 6.45) is 1.60. The van der Waals surface area contributed by atoms with Gasteiger partial charge in [0.1, 0.15) is 10.6 Å². The van der Waals surface area contributed by atoms with Gasteiger partial charge in [-0.25, -0.2) is 8.42 Å². The second-order valence-electron chi connectivity index (χ2n) is 4.39. The first-order valence-electron chi connectivity index (χ1n) is 6.51. The van der Waals surface area contributed by atoms with Crippen LogP contribution in [0.15, 0.2) is 23.1 Å². The lowest BCUT2D eigenvalue weighted by Crippen LogP contribution is -2.34. The molecule has 1 rings (SSSR count). The Hall–Kier alpha value is -1.31. The molecule has 0 radical (unpaired) electrons. The molecule has 6 nitrogen and oxygen atoms in total. The fourth-order valence-electron chi connectivity index (χ4n) is 1.83. The molecule has 0 aliphatic rings. The summed E-state index contributed by atoms with van der Waals surface area (Å²) in [6, 6.07) is 4.46. The second-order valence-corrected chi connectivity index (χ2v) is 6.29. The van der Waals surface area contributed by atoms with Crippen LogP contribution in [-0.4, -0.2) is 44.6 Å². The van der Waals surface area contributed by atoms with Gasteiger partial charge >= 0.3 is 0 Å². The summed E-state index contributed by atoms with van der Waals surface area (Å²) in [5.74, 6) is 0.503. The lowest BCUT2D eigenvalue weighted by atomic mass is 10.3. The monoisotopic (exact) mass is 302 g/mol. The van der Waals surface area contributed by atoms with Gasteiger partial charge in [-0.05, 0) is 18.6 Å². The number of hydrogen-bond acceptors (Lipinski definition) is 5. The van der Waals surface area contributed by atoms with Gasteiger partial charge in [0, 0.05) is 19.2 Å². The lowest BCUT2D eigenvalue weighted by molar-refractivity contribution is 0.252. The predicted molar refractivity (Wildman–Crippen MR) is 78.2 cm³/mol. The number of nitrogen functional groups attached to an aromatic ring is 1. The van der Waals surface area contributed by atoms with Gasteiger partial charge in [0.2, 0.25) is 10.0 Å². The first-order chi connectivity index (χ1) is 9.47. The van der Waals surface area contributed by atoms with Gasteiger partial charge in [-0.3, -0.25) is 0 Å². The van der Waals surface area contributed by atoms with E-state index in [2.05, 4.69) is 0 Å². The molecule has 0 fully saturated rings. The van der Waals surface area contributed by atoms with E-state index in [1.807, 2.05) is 6.92 Å². The Morgan fingerprint density at radius 3 is 2.55 bits per heavy atom. The number of benzene rings is 1. The number of anilines is 1. The molecular formula is C13H22N2O4S. The maximum atomic E-state index is 12.5. The highest BCUT2D eigenvalue weighted by Gasteiger charge is 2.25. The zero-order chi connectivity index (χ0) is 15.2. The van der Waals surface area contributed by atoms with E-state index in [4.69, 9.17) is 15.6 Å². The molecule has 0 aliphatic heterocycles. The van der Waals surface area contributed by atoms with E-state index in [0.717, 1.165) is 12.8 Å². The van der Waals surface area contributed by atoms with Crippen molar-refractivity contribution in [1.29, 1.82) is 0 Å². The first-order valence-corrected chi connectivity index (χ1v) is 7.95. The average molecular weight is 302 g/mol. The normalized spacial score (nSPS) is 11.8. The van der Waals surface area contributed by atoms with Crippen molar-refractivity contribution in [2.45, 2.75) is 24.7 Å². The summed E-state index contributed by atoms with van der Waals surface area (Å²) >= 11 is 0. The van der Waals surface area contributed by atoms with Crippen LogP contribution >= 0.6 is 0 Å². The van der Waals surface area contributed by atoms with Crippen LogP contribution in [0.1, 0.15) is 19.8 Å². The summed E-state index contributed by atoms with van der Waals surface area (Å²) in [5, 5.41) is 9.04. The van der Waals surface area contributed by atoms with E-state index in [1.165, 1.54) is 23.5 Å². The highest BCUT2D eigenvalue weighted by Crippen LogP contribution is 2.26. The van der Waals surface area contributed by atoms with Crippen molar-refractivity contribution in [3.8, 4) is 5.75 Å². The van der Waals surface area contributed by atoms with Crippen LogP contribution in [0, 0.1) is 0 Å². The third-order valence-corrected chi connectivity index (χ3v) is 4.92. The lowest BCUT2D eigenvalue weighted by Gasteiger charge is -2.22. The van der Waals surface area contributed by atoms with Crippen molar-refractivity contribution in [2.75, 3.05) is 32.5 Å². The predicted octanol–water partition coefficient (Wildman–Crippen LogP) is 1.06. The molecule has 114 valence electrons. The van der Waals surface area contributed by atoms with Crippen molar-refractivity contribution in [3.63, 3.8) is 0 Å². The summed E-state index contributed by atoms with van der Waals surface area (Å²) in [7, 11) is -2.21. The third-order valence-electron chi connectivity index (χ3n) is 2.95. The molecule has 0 saturated carbocycles. The Morgan fingerprint density at radius 1 is 1.35 bits per heavy atom. The summed E-state index contributed by atoms with van der Waals surface area (Å²) < 4.78 is 31.4. The number of aliphatic hydroxyl groups excluding tert-OH is 1. The van der Waals surface area contributed by atoms with Crippen LogP contribution in [0.4, 0.5) is 5.69 Å². The van der Waals surface area contributed by atoms with Gasteiger partial charge in [0.15, 0.2) is 0 Å². The van der Waals surface area contributed by atoms with Gasteiger partial charge in [-0.1, -0.05) is 13.3 Å². The number of nitrogens with two attached hydrogens (primary N) is 1. The van der Waals surface area contributed by atoms with Crippen molar-refractivity contribution < 1.29 is 18.3 Å². The number of hydrogen-bond donors (Lipinski definition) is 2. The number of nitrogens with zero attached hydrogens (tertiary/aromatic N) is 1. The number of unbranched alkanes of at least 4 members (excludes halogenated alkanes) is 1. The minimum Gasteiger partial charge on any atom is -0.497 e. The zero-order valence-corrected chi connectivity index (χ0v) is 12.7. The molecule has 0 unspecified atom stereocenters. The SMILES string of the molecule is CCCCN(CCO)S(=O)(=O)c1ccc(OC)cc1N. The molecule has 0 bridgehead atoms. The van der Waals surface area contributed by atoms with Gasteiger partial charge in [-0.15, -0.1) is 0 Å². The molecule has 3 N–H and O–H groups in total. The summed E-state index contributed by atoms with van der Waals surface area (Å²) in [6.45, 7) is 2.18. The van der Waals surface area contributed by atoms with E-state index < -0.39 is 10.0 Å². The summed E-state index contributed by atoms with van der Waals surface area (Å²) in [4.78, 5) is 0.0443. The van der Waals surface area contributed by atoms with Crippen molar-refractivity contribution in [3.05, 3.63) is 18.2 Å². The van der Waals surface area contributed by atoms with Gasteiger partial charge in [0.25, 0.3) is 0 Å². The van der Waals surface area contributed by atoms with Crippen LogP contribution in [-0.2, 0) is 10.0 Å². The fourth-order valence-corrected chi connectivity index (χ4v) is 3.39. The molecule has 1 aromatic rings. The molecule has 1 aromatic carbocycles. The standard InChI is InChI=1S/C13H22N2O4S/c1-3-4-7-15(8-9-16)20(17,18)13-6-5-11(19-2)10-12(13)14/h5-6,10,16H,3-4,7-9,14H2,1-2H3. The van der Waals surface area contributed by atoms with Crippen LogP contribution in [0.25, 0.3) is 0 Å². The van der Waals surface area contributed by atoms with E-state index in [-0.39, 0.29) is 23.7 Å². The Bertz CT molecular complexity index is 531. The number of ether oxygens (including phenoxy) is 1. The Labute approximate surface area is 120 Å². The second kappa shape index (κ2) is 7.47. The molecule has 0 amide bonds. The van der Waals surface area contributed by atoms with Crippen LogP contribution in [0.5, 0.6) is 5.75 Å². The molecule has 7 heteroatoms. The molecule has 0 spiro atoms. The Kier molecular flexibility index (Phi) is 6.25. The average Bonchev–Trinajstić information content (AvgIpc) is 2.42. The molecular weight excluding hydrogens is 280 g/mol. The maximum Gasteiger partial charge on any atom is 0.245 e. The first kappa shape index (κ1) is 16.7. The Morgan fingerprint density at radius 2 is 2.05 bits per heavy atom. The van der Waals surface area contributed by atoms with Gasteiger partial charge in [-0.2, -0.15) is 4.31 Å². The smallest absolute Gasteiger partial charge is 0.245 e. The minimum atomic E-state index is -3.70. The quantitative estimate of drug-likeness (QED) is 0.700. The number of aliphatic hydroxyl groups is 1. The van der Waals surface area contributed by atoms with E-state index in [1.54, 1.807) is 6.07 Å². The molecule has 0 saturated heterocycles. The zero-order valence-electron chi connectivity index (χ0n) is 11.9. The highest BCUT2D eigenvalue weighted by molar-refractivity contribution is 7.89. The molecule has 0 aliphatic carbocycles. The maximum absolute atomic E-state index is 12.5. The third kappa shape index (κ3) is 3.84. The van der Waals surface area contributed by atoms with Crippen LogP contribution in [0.2, 0.25) is 0 Å². The minimum absolute atomic E-state index is 0.0443. The van der Waals surface area contributed by atoms with Crippen molar-refractivity contribution >= 4 is 15.7 Å². The fraction of sp³-hybridized carbons (Fsp3) is 0.538. The van der Waals surface area contributed by atoms with E-state index in [9.17, 15) is 8.42 Å². The van der Waals surface area contributed by atoms with Gasteiger partial charge in [0.05, 0.1) is 19.4 Å². The van der Waals surface area contributed by atoms with Crippen LogP contribution in [0.3, 0.4) is 0 Å². The molecule has 20 heavy (non-hydrogen) atoms. The molecule has 0 heterocycles. The topological polar surface area (TPSA) is 92.9 Å². The highest BCUT2D eigenvalue weighted by atomic mass is 32.2. The largest absolute Gasteiger partial charge is 0.497 e. The van der Waals surface area contributed by atoms with Crippen molar-refractivity contribution in [1.82, 2.24) is 4.31 Å². The molecule has 0 aromatic heterocycles. The molecule has 0 atom stereocenters. The summed E-state index contributed by atoms with van der Waals surface area (Å²) in [5.41, 5.74) is 5.94. The van der Waals surface area contributed by atoms with Crippen molar-refractivity contribution in [2.24, 2.45) is 0 Å². The van der Waals surface area contributed by atoms with E-state index >= 15 is 0 Å². The van der Waals surface area contributed by atoms with Crippen LogP contribution < -0.4 is 10.5 Å². The number of sulfonamides is 1. The van der Waals surface area contributed by atoms with E-state index in [0.29, 0.717) is 12.3 Å². The number of rotatable bonds is 8. The number of methoxy groups -OCH3 is 1. The Balaban J connectivity index is 3.11.